The van der Waals surface area contributed by atoms with Crippen molar-refractivity contribution in [1.29, 1.82) is 0 Å². The Hall–Kier alpha value is -2.49. The third kappa shape index (κ3) is 4.74. The number of carbonyl (C=O) groups is 1. The lowest BCUT2D eigenvalue weighted by atomic mass is 9.84. The summed E-state index contributed by atoms with van der Waals surface area (Å²) in [6, 6.07) is 15.4. The van der Waals surface area contributed by atoms with Gasteiger partial charge in [-0.3, -0.25) is 0 Å². The molecular weight excluding hydrogens is 288 g/mol. The SMILES string of the molecule is COc1ccc(C(C)(C)CNC(=O)Nc2ccc(C)cc2)cc1. The minimum atomic E-state index is -0.199. The average Bonchev–Trinajstić information content (AvgIpc) is 2.55. The number of aryl methyl sites for hydroxylation is 1. The monoisotopic (exact) mass is 312 g/mol. The van der Waals surface area contributed by atoms with Crippen molar-refractivity contribution >= 4 is 11.7 Å². The third-order valence-electron chi connectivity index (χ3n) is 3.87. The molecule has 0 saturated carbocycles. The molecule has 4 nitrogen and oxygen atoms in total. The van der Waals surface area contributed by atoms with Crippen LogP contribution in [0.1, 0.15) is 25.0 Å². The van der Waals surface area contributed by atoms with Gasteiger partial charge < -0.3 is 15.4 Å². The molecule has 0 radical (unpaired) electrons. The maximum Gasteiger partial charge on any atom is 0.319 e. The predicted octanol–water partition coefficient (Wildman–Crippen LogP) is 4.10. The Morgan fingerprint density at radius 1 is 1.04 bits per heavy atom. The van der Waals surface area contributed by atoms with E-state index in [1.54, 1.807) is 7.11 Å². The first-order valence-corrected chi connectivity index (χ1v) is 7.67. The highest BCUT2D eigenvalue weighted by atomic mass is 16.5. The number of rotatable bonds is 5. The molecule has 2 amide bonds. The number of hydrogen-bond acceptors (Lipinski definition) is 2. The largest absolute Gasteiger partial charge is 0.497 e. The Morgan fingerprint density at radius 2 is 1.65 bits per heavy atom. The molecule has 4 heteroatoms. The first kappa shape index (κ1) is 16.9. The molecule has 23 heavy (non-hydrogen) atoms. The molecule has 2 N–H and O–H groups in total. The first-order chi connectivity index (χ1) is 10.9. The van der Waals surface area contributed by atoms with Gasteiger partial charge in [-0.15, -0.1) is 0 Å². The zero-order chi connectivity index (χ0) is 16.9. The summed E-state index contributed by atoms with van der Waals surface area (Å²) in [7, 11) is 1.65. The molecule has 0 aliphatic rings. The Kier molecular flexibility index (Phi) is 5.27. The Balaban J connectivity index is 1.92. The second-order valence-corrected chi connectivity index (χ2v) is 6.29. The summed E-state index contributed by atoms with van der Waals surface area (Å²) in [6.07, 6.45) is 0. The van der Waals surface area contributed by atoms with Gasteiger partial charge in [-0.2, -0.15) is 0 Å². The van der Waals surface area contributed by atoms with E-state index in [-0.39, 0.29) is 11.4 Å². The maximum absolute atomic E-state index is 12.0. The van der Waals surface area contributed by atoms with Gasteiger partial charge in [0.15, 0.2) is 0 Å². The van der Waals surface area contributed by atoms with Crippen molar-refractivity contribution in [3.63, 3.8) is 0 Å². The smallest absolute Gasteiger partial charge is 0.319 e. The van der Waals surface area contributed by atoms with Crippen LogP contribution in [-0.4, -0.2) is 19.7 Å². The van der Waals surface area contributed by atoms with Crippen molar-refractivity contribution in [2.45, 2.75) is 26.2 Å². The zero-order valence-electron chi connectivity index (χ0n) is 14.1. The normalized spacial score (nSPS) is 11.0. The van der Waals surface area contributed by atoms with Crippen LogP contribution in [-0.2, 0) is 5.41 Å². The minimum absolute atomic E-state index is 0.170. The summed E-state index contributed by atoms with van der Waals surface area (Å²) in [5, 5.41) is 5.77. The molecule has 0 spiro atoms. The van der Waals surface area contributed by atoms with Crippen molar-refractivity contribution < 1.29 is 9.53 Å². The van der Waals surface area contributed by atoms with Gasteiger partial charge in [-0.25, -0.2) is 4.79 Å². The average molecular weight is 312 g/mol. The second-order valence-electron chi connectivity index (χ2n) is 6.29. The topological polar surface area (TPSA) is 50.4 Å². The van der Waals surface area contributed by atoms with E-state index in [1.165, 1.54) is 0 Å². The number of benzene rings is 2. The van der Waals surface area contributed by atoms with E-state index in [1.807, 2.05) is 55.5 Å². The van der Waals surface area contributed by atoms with E-state index in [9.17, 15) is 4.79 Å². The van der Waals surface area contributed by atoms with Crippen molar-refractivity contribution in [1.82, 2.24) is 5.32 Å². The highest BCUT2D eigenvalue weighted by molar-refractivity contribution is 5.89. The maximum atomic E-state index is 12.0. The molecule has 2 aromatic rings. The molecule has 0 aliphatic heterocycles. The Bertz CT molecular complexity index is 646. The van der Waals surface area contributed by atoms with Crippen LogP contribution >= 0.6 is 0 Å². The molecule has 2 aromatic carbocycles. The lowest BCUT2D eigenvalue weighted by Gasteiger charge is -2.26. The highest BCUT2D eigenvalue weighted by Crippen LogP contribution is 2.24. The molecule has 0 heterocycles. The predicted molar refractivity (Wildman–Crippen MR) is 94.2 cm³/mol. The molecule has 0 unspecified atom stereocenters. The summed E-state index contributed by atoms with van der Waals surface area (Å²) in [5.41, 5.74) is 2.93. The van der Waals surface area contributed by atoms with E-state index in [4.69, 9.17) is 4.74 Å². The van der Waals surface area contributed by atoms with Crippen LogP contribution in [0.3, 0.4) is 0 Å². The minimum Gasteiger partial charge on any atom is -0.497 e. The van der Waals surface area contributed by atoms with Gasteiger partial charge in [0.25, 0.3) is 0 Å². The van der Waals surface area contributed by atoms with Crippen LogP contribution in [0.2, 0.25) is 0 Å². The molecule has 0 atom stereocenters. The second kappa shape index (κ2) is 7.18. The lowest BCUT2D eigenvalue weighted by molar-refractivity contribution is 0.249. The van der Waals surface area contributed by atoms with Gasteiger partial charge >= 0.3 is 6.03 Å². The summed E-state index contributed by atoms with van der Waals surface area (Å²) >= 11 is 0. The summed E-state index contributed by atoms with van der Waals surface area (Å²) < 4.78 is 5.18. The Labute approximate surface area is 137 Å². The van der Waals surface area contributed by atoms with Gasteiger partial charge in [-0.05, 0) is 36.8 Å². The fourth-order valence-corrected chi connectivity index (χ4v) is 2.26. The lowest BCUT2D eigenvalue weighted by Crippen LogP contribution is -2.38. The summed E-state index contributed by atoms with van der Waals surface area (Å²) in [4.78, 5) is 12.0. The number of hydrogen-bond donors (Lipinski definition) is 2. The summed E-state index contributed by atoms with van der Waals surface area (Å²) in [6.45, 7) is 6.75. The summed E-state index contributed by atoms with van der Waals surface area (Å²) in [5.74, 6) is 0.828. The van der Waals surface area contributed by atoms with Crippen molar-refractivity contribution in [2.24, 2.45) is 0 Å². The van der Waals surface area contributed by atoms with Gasteiger partial charge in [-0.1, -0.05) is 43.7 Å². The van der Waals surface area contributed by atoms with Crippen LogP contribution in [0.15, 0.2) is 48.5 Å². The van der Waals surface area contributed by atoms with Crippen LogP contribution in [0.4, 0.5) is 10.5 Å². The van der Waals surface area contributed by atoms with E-state index < -0.39 is 0 Å². The molecule has 0 aliphatic carbocycles. The molecule has 0 fully saturated rings. The molecular formula is C19H24N2O2. The van der Waals surface area contributed by atoms with Crippen LogP contribution < -0.4 is 15.4 Å². The molecule has 2 rings (SSSR count). The van der Waals surface area contributed by atoms with E-state index >= 15 is 0 Å². The number of urea groups is 1. The van der Waals surface area contributed by atoms with E-state index in [0.29, 0.717) is 6.54 Å². The third-order valence-corrected chi connectivity index (χ3v) is 3.87. The highest BCUT2D eigenvalue weighted by Gasteiger charge is 2.21. The molecule has 0 bridgehead atoms. The van der Waals surface area contributed by atoms with Crippen LogP contribution in [0, 0.1) is 6.92 Å². The van der Waals surface area contributed by atoms with Gasteiger partial charge in [0, 0.05) is 17.6 Å². The number of carbonyl (C=O) groups excluding carboxylic acids is 1. The van der Waals surface area contributed by atoms with Crippen LogP contribution in [0.5, 0.6) is 5.75 Å². The zero-order valence-corrected chi connectivity index (χ0v) is 14.1. The van der Waals surface area contributed by atoms with Crippen molar-refractivity contribution in [3.05, 3.63) is 59.7 Å². The molecule has 122 valence electrons. The fourth-order valence-electron chi connectivity index (χ4n) is 2.26. The van der Waals surface area contributed by atoms with Gasteiger partial charge in [0.2, 0.25) is 0 Å². The van der Waals surface area contributed by atoms with Gasteiger partial charge in [0.05, 0.1) is 7.11 Å². The van der Waals surface area contributed by atoms with Crippen molar-refractivity contribution in [3.8, 4) is 5.75 Å². The van der Waals surface area contributed by atoms with Gasteiger partial charge in [0.1, 0.15) is 5.75 Å². The van der Waals surface area contributed by atoms with E-state index in [0.717, 1.165) is 22.6 Å². The van der Waals surface area contributed by atoms with Crippen LogP contribution in [0.25, 0.3) is 0 Å². The molecule has 0 aromatic heterocycles. The number of anilines is 1. The van der Waals surface area contributed by atoms with Crippen molar-refractivity contribution in [2.75, 3.05) is 19.0 Å². The Morgan fingerprint density at radius 3 is 2.22 bits per heavy atom. The standard InChI is InChI=1S/C19H24N2O2/c1-14-5-9-16(10-6-14)21-18(22)20-13-19(2,3)15-7-11-17(23-4)12-8-15/h5-12H,13H2,1-4H3,(H2,20,21,22). The quantitative estimate of drug-likeness (QED) is 0.873. The fraction of sp³-hybridized carbons (Fsp3) is 0.316. The number of nitrogens with one attached hydrogen (secondary N) is 2. The number of amides is 2. The molecule has 0 saturated heterocycles. The number of methoxy groups -OCH3 is 1. The number of ether oxygens (including phenoxy) is 1. The van der Waals surface area contributed by atoms with E-state index in [2.05, 4.69) is 24.5 Å². The first-order valence-electron chi connectivity index (χ1n) is 7.67.